The monoisotopic (exact) mass is 215 g/mol. The van der Waals surface area contributed by atoms with Crippen LogP contribution in [-0.2, 0) is 0 Å². The molecule has 84 valence electrons. The number of likely N-dealkylation sites (N-methyl/N-ethyl adjacent to an activating group) is 1. The molecule has 1 N–H and O–H groups in total. The molecule has 0 aromatic heterocycles. The van der Waals surface area contributed by atoms with Crippen LogP contribution in [0.15, 0.2) is 18.2 Å². The predicted octanol–water partition coefficient (Wildman–Crippen LogP) is 1.66. The number of hydrogen-bond acceptors (Lipinski definition) is 3. The van der Waals surface area contributed by atoms with Crippen molar-refractivity contribution in [2.24, 2.45) is 0 Å². The van der Waals surface area contributed by atoms with Crippen molar-refractivity contribution in [1.82, 2.24) is 5.32 Å². The fourth-order valence-electron chi connectivity index (χ4n) is 2.37. The molecular weight excluding hydrogens is 198 g/mol. The standard InChI is InChI=1S/C13H17N3/c1-10-4-3-5-11(8-14)13(10)16(2)12-6-7-15-9-12/h3-5,12,15H,6-7,9H2,1-2H3. The lowest BCUT2D eigenvalue weighted by atomic mass is 10.1. The largest absolute Gasteiger partial charge is 0.369 e. The lowest BCUT2D eigenvalue weighted by Gasteiger charge is -2.28. The highest BCUT2D eigenvalue weighted by molar-refractivity contribution is 5.64. The van der Waals surface area contributed by atoms with Crippen LogP contribution in [-0.4, -0.2) is 26.2 Å². The van der Waals surface area contributed by atoms with E-state index in [-0.39, 0.29) is 0 Å². The van der Waals surface area contributed by atoms with Crippen molar-refractivity contribution in [3.8, 4) is 6.07 Å². The summed E-state index contributed by atoms with van der Waals surface area (Å²) in [7, 11) is 2.08. The minimum atomic E-state index is 0.508. The maximum atomic E-state index is 9.14. The van der Waals surface area contributed by atoms with E-state index in [2.05, 4.69) is 36.3 Å². The van der Waals surface area contributed by atoms with Gasteiger partial charge in [0.2, 0.25) is 0 Å². The van der Waals surface area contributed by atoms with Crippen LogP contribution < -0.4 is 10.2 Å². The molecule has 1 heterocycles. The maximum Gasteiger partial charge on any atom is 0.101 e. The van der Waals surface area contributed by atoms with E-state index in [1.165, 1.54) is 5.56 Å². The summed E-state index contributed by atoms with van der Waals surface area (Å²) in [6.07, 6.45) is 1.15. The van der Waals surface area contributed by atoms with E-state index in [9.17, 15) is 0 Å². The number of para-hydroxylation sites is 1. The summed E-state index contributed by atoms with van der Waals surface area (Å²) >= 11 is 0. The number of aryl methyl sites for hydroxylation is 1. The van der Waals surface area contributed by atoms with Crippen LogP contribution in [0.5, 0.6) is 0 Å². The van der Waals surface area contributed by atoms with E-state index >= 15 is 0 Å². The molecule has 1 aliphatic heterocycles. The van der Waals surface area contributed by atoms with Crippen LogP contribution in [0.1, 0.15) is 17.5 Å². The van der Waals surface area contributed by atoms with Crippen molar-refractivity contribution in [3.63, 3.8) is 0 Å². The molecule has 0 spiro atoms. The van der Waals surface area contributed by atoms with Crippen molar-refractivity contribution in [2.45, 2.75) is 19.4 Å². The molecule has 0 bridgehead atoms. The van der Waals surface area contributed by atoms with Crippen LogP contribution in [0, 0.1) is 18.3 Å². The smallest absolute Gasteiger partial charge is 0.101 e. The highest BCUT2D eigenvalue weighted by Crippen LogP contribution is 2.26. The van der Waals surface area contributed by atoms with E-state index in [0.29, 0.717) is 6.04 Å². The summed E-state index contributed by atoms with van der Waals surface area (Å²) in [5.41, 5.74) is 3.03. The Labute approximate surface area is 96.7 Å². The first-order chi connectivity index (χ1) is 7.74. The molecule has 1 saturated heterocycles. The number of nitriles is 1. The Bertz CT molecular complexity index is 414. The third-order valence-electron chi connectivity index (χ3n) is 3.29. The van der Waals surface area contributed by atoms with E-state index < -0.39 is 0 Å². The zero-order valence-electron chi connectivity index (χ0n) is 9.83. The second kappa shape index (κ2) is 4.54. The van der Waals surface area contributed by atoms with Gasteiger partial charge in [-0.05, 0) is 31.5 Å². The number of rotatable bonds is 2. The first-order valence-corrected chi connectivity index (χ1v) is 5.67. The minimum absolute atomic E-state index is 0.508. The summed E-state index contributed by atoms with van der Waals surface area (Å²) in [4.78, 5) is 2.24. The SMILES string of the molecule is Cc1cccc(C#N)c1N(C)C1CCNC1. The molecule has 1 fully saturated rings. The summed E-state index contributed by atoms with van der Waals surface area (Å²) in [5.74, 6) is 0. The van der Waals surface area contributed by atoms with Gasteiger partial charge >= 0.3 is 0 Å². The number of anilines is 1. The molecule has 0 amide bonds. The first-order valence-electron chi connectivity index (χ1n) is 5.67. The normalized spacial score (nSPS) is 19.4. The summed E-state index contributed by atoms with van der Waals surface area (Å²) in [6.45, 7) is 4.15. The van der Waals surface area contributed by atoms with E-state index in [1.807, 2.05) is 12.1 Å². The second-order valence-electron chi connectivity index (χ2n) is 4.34. The Morgan fingerprint density at radius 3 is 2.94 bits per heavy atom. The van der Waals surface area contributed by atoms with Gasteiger partial charge in [0, 0.05) is 19.6 Å². The Morgan fingerprint density at radius 1 is 1.50 bits per heavy atom. The average Bonchev–Trinajstić information content (AvgIpc) is 2.81. The Kier molecular flexibility index (Phi) is 3.12. The molecule has 1 aromatic carbocycles. The van der Waals surface area contributed by atoms with Crippen LogP contribution in [0.2, 0.25) is 0 Å². The van der Waals surface area contributed by atoms with E-state index in [4.69, 9.17) is 5.26 Å². The summed E-state index contributed by atoms with van der Waals surface area (Å²) < 4.78 is 0. The van der Waals surface area contributed by atoms with Gasteiger partial charge in [-0.15, -0.1) is 0 Å². The van der Waals surface area contributed by atoms with E-state index in [0.717, 1.165) is 30.8 Å². The maximum absolute atomic E-state index is 9.14. The van der Waals surface area contributed by atoms with Gasteiger partial charge in [-0.2, -0.15) is 5.26 Å². The zero-order chi connectivity index (χ0) is 11.5. The molecule has 0 radical (unpaired) electrons. The van der Waals surface area contributed by atoms with Crippen molar-refractivity contribution < 1.29 is 0 Å². The van der Waals surface area contributed by atoms with Gasteiger partial charge in [0.25, 0.3) is 0 Å². The lowest BCUT2D eigenvalue weighted by molar-refractivity contribution is 0.683. The fraction of sp³-hybridized carbons (Fsp3) is 0.462. The van der Waals surface area contributed by atoms with Crippen molar-refractivity contribution in [3.05, 3.63) is 29.3 Å². The van der Waals surface area contributed by atoms with Crippen molar-refractivity contribution in [1.29, 1.82) is 5.26 Å². The minimum Gasteiger partial charge on any atom is -0.369 e. The van der Waals surface area contributed by atoms with Gasteiger partial charge in [-0.3, -0.25) is 0 Å². The molecular formula is C13H17N3. The number of benzene rings is 1. The molecule has 1 aliphatic rings. The number of nitrogens with one attached hydrogen (secondary N) is 1. The molecule has 16 heavy (non-hydrogen) atoms. The molecule has 0 saturated carbocycles. The van der Waals surface area contributed by atoms with Gasteiger partial charge in [-0.25, -0.2) is 0 Å². The van der Waals surface area contributed by atoms with Gasteiger partial charge in [0.1, 0.15) is 6.07 Å². The van der Waals surface area contributed by atoms with Crippen molar-refractivity contribution in [2.75, 3.05) is 25.0 Å². The third kappa shape index (κ3) is 1.89. The van der Waals surface area contributed by atoms with Crippen LogP contribution in [0.4, 0.5) is 5.69 Å². The quantitative estimate of drug-likeness (QED) is 0.815. The Morgan fingerprint density at radius 2 is 2.31 bits per heavy atom. The van der Waals surface area contributed by atoms with Crippen LogP contribution in [0.3, 0.4) is 0 Å². The topological polar surface area (TPSA) is 39.1 Å². The number of hydrogen-bond donors (Lipinski definition) is 1. The molecule has 1 atom stereocenters. The molecule has 1 unspecified atom stereocenters. The molecule has 2 rings (SSSR count). The molecule has 1 aromatic rings. The van der Waals surface area contributed by atoms with Crippen LogP contribution in [0.25, 0.3) is 0 Å². The molecule has 3 heteroatoms. The highest BCUT2D eigenvalue weighted by Gasteiger charge is 2.22. The Hall–Kier alpha value is -1.53. The molecule has 3 nitrogen and oxygen atoms in total. The Balaban J connectivity index is 2.35. The lowest BCUT2D eigenvalue weighted by Crippen LogP contribution is -2.34. The van der Waals surface area contributed by atoms with Crippen molar-refractivity contribution >= 4 is 5.69 Å². The van der Waals surface area contributed by atoms with Gasteiger partial charge in [0.15, 0.2) is 0 Å². The predicted molar refractivity (Wildman–Crippen MR) is 65.6 cm³/mol. The van der Waals surface area contributed by atoms with E-state index in [1.54, 1.807) is 0 Å². The van der Waals surface area contributed by atoms with Gasteiger partial charge < -0.3 is 10.2 Å². The average molecular weight is 215 g/mol. The third-order valence-corrected chi connectivity index (χ3v) is 3.29. The first kappa shape index (κ1) is 11.0. The fourth-order valence-corrected chi connectivity index (χ4v) is 2.37. The summed E-state index contributed by atoms with van der Waals surface area (Å²) in [6, 6.07) is 8.68. The second-order valence-corrected chi connectivity index (χ2v) is 4.34. The van der Waals surface area contributed by atoms with Crippen LogP contribution >= 0.6 is 0 Å². The molecule has 0 aliphatic carbocycles. The number of nitrogens with zero attached hydrogens (tertiary/aromatic N) is 2. The highest BCUT2D eigenvalue weighted by atomic mass is 15.2. The van der Waals surface area contributed by atoms with Gasteiger partial charge in [-0.1, -0.05) is 12.1 Å². The summed E-state index contributed by atoms with van der Waals surface area (Å²) in [5, 5.41) is 12.5. The van der Waals surface area contributed by atoms with Gasteiger partial charge in [0.05, 0.1) is 11.3 Å². The zero-order valence-corrected chi connectivity index (χ0v) is 9.83.